The highest BCUT2D eigenvalue weighted by Gasteiger charge is 2.14. The van der Waals surface area contributed by atoms with Gasteiger partial charge in [0, 0.05) is 11.7 Å². The lowest BCUT2D eigenvalue weighted by atomic mass is 10.2. The van der Waals surface area contributed by atoms with Gasteiger partial charge in [0.2, 0.25) is 0 Å². The van der Waals surface area contributed by atoms with Crippen LogP contribution in [0.5, 0.6) is 0 Å². The highest BCUT2D eigenvalue weighted by Crippen LogP contribution is 2.14. The Kier molecular flexibility index (Phi) is 1.81. The van der Waals surface area contributed by atoms with Gasteiger partial charge in [-0.1, -0.05) is 6.07 Å². The Labute approximate surface area is 79.4 Å². The molecule has 2 aromatic rings. The van der Waals surface area contributed by atoms with Crippen molar-refractivity contribution in [3.05, 3.63) is 41.7 Å². The third-order valence-electron chi connectivity index (χ3n) is 2.06. The fourth-order valence-electron chi connectivity index (χ4n) is 1.44. The van der Waals surface area contributed by atoms with Crippen LogP contribution in [0.3, 0.4) is 0 Å². The molecular weight excluding hydrogens is 182 g/mol. The van der Waals surface area contributed by atoms with Crippen molar-refractivity contribution in [3.8, 4) is 0 Å². The van der Waals surface area contributed by atoms with Crippen molar-refractivity contribution in [2.45, 2.75) is 0 Å². The lowest BCUT2D eigenvalue weighted by Gasteiger charge is -1.94. The minimum absolute atomic E-state index is 0.0335. The van der Waals surface area contributed by atoms with Gasteiger partial charge >= 0.3 is 5.97 Å². The molecular formula is C10H7NO3. The molecule has 0 spiro atoms. The summed E-state index contributed by atoms with van der Waals surface area (Å²) in [5, 5.41) is 8.83. The van der Waals surface area contributed by atoms with E-state index in [1.165, 1.54) is 6.07 Å². The van der Waals surface area contributed by atoms with E-state index in [2.05, 4.69) is 0 Å². The van der Waals surface area contributed by atoms with Gasteiger partial charge in [0.25, 0.3) is 0 Å². The zero-order chi connectivity index (χ0) is 10.1. The summed E-state index contributed by atoms with van der Waals surface area (Å²) in [5.41, 5.74) is 0.909. The molecule has 0 saturated carbocycles. The van der Waals surface area contributed by atoms with Gasteiger partial charge in [-0.25, -0.2) is 4.79 Å². The molecule has 1 N–H and O–H groups in total. The van der Waals surface area contributed by atoms with Gasteiger partial charge in [-0.3, -0.25) is 4.79 Å². The molecule has 0 aliphatic rings. The van der Waals surface area contributed by atoms with Crippen molar-refractivity contribution in [1.29, 1.82) is 0 Å². The molecule has 4 heteroatoms. The normalized spacial score (nSPS) is 10.3. The number of aromatic nitrogens is 1. The fraction of sp³-hybridized carbons (Fsp3) is 0. The Morgan fingerprint density at radius 3 is 2.86 bits per heavy atom. The number of hydrogen-bond donors (Lipinski definition) is 1. The van der Waals surface area contributed by atoms with E-state index in [9.17, 15) is 9.59 Å². The zero-order valence-corrected chi connectivity index (χ0v) is 7.18. The number of fused-ring (bicyclic) bond motifs is 1. The van der Waals surface area contributed by atoms with Gasteiger partial charge in [0.15, 0.2) is 6.29 Å². The molecule has 0 aromatic carbocycles. The molecule has 0 atom stereocenters. The molecule has 0 radical (unpaired) electrons. The first-order valence-electron chi connectivity index (χ1n) is 4.02. The lowest BCUT2D eigenvalue weighted by Crippen LogP contribution is -2.00. The monoisotopic (exact) mass is 189 g/mol. The number of carbonyl (C=O) groups excluding carboxylic acids is 1. The van der Waals surface area contributed by atoms with Gasteiger partial charge in [0.1, 0.15) is 5.69 Å². The number of carbonyl (C=O) groups is 2. The molecule has 0 bridgehead atoms. The summed E-state index contributed by atoms with van der Waals surface area (Å²) in [4.78, 5) is 21.5. The van der Waals surface area contributed by atoms with Gasteiger partial charge < -0.3 is 9.51 Å². The highest BCUT2D eigenvalue weighted by molar-refractivity contribution is 5.98. The summed E-state index contributed by atoms with van der Waals surface area (Å²) in [6.07, 6.45) is 2.21. The largest absolute Gasteiger partial charge is 0.478 e. The minimum atomic E-state index is -1.09. The van der Waals surface area contributed by atoms with Gasteiger partial charge in [0.05, 0.1) is 5.56 Å². The van der Waals surface area contributed by atoms with E-state index in [1.807, 2.05) is 0 Å². The average molecular weight is 189 g/mol. The summed E-state index contributed by atoms with van der Waals surface area (Å²) < 4.78 is 1.55. The van der Waals surface area contributed by atoms with Crippen LogP contribution in [0, 0.1) is 0 Å². The van der Waals surface area contributed by atoms with E-state index >= 15 is 0 Å². The molecule has 0 aliphatic heterocycles. The summed E-state index contributed by atoms with van der Waals surface area (Å²) in [5.74, 6) is -1.09. The Morgan fingerprint density at radius 1 is 1.43 bits per heavy atom. The number of carboxylic acid groups (broad SMARTS) is 1. The molecule has 4 nitrogen and oxygen atoms in total. The average Bonchev–Trinajstić information content (AvgIpc) is 2.56. The Balaban J connectivity index is 2.85. The van der Waals surface area contributed by atoms with Crippen molar-refractivity contribution in [3.63, 3.8) is 0 Å². The quantitative estimate of drug-likeness (QED) is 0.727. The fourth-order valence-corrected chi connectivity index (χ4v) is 1.44. The first-order valence-corrected chi connectivity index (χ1v) is 4.02. The molecule has 0 unspecified atom stereocenters. The predicted octanol–water partition coefficient (Wildman–Crippen LogP) is 1.45. The smallest absolute Gasteiger partial charge is 0.338 e. The first kappa shape index (κ1) is 8.50. The number of carboxylic acids is 1. The Bertz CT molecular complexity index is 513. The van der Waals surface area contributed by atoms with Crippen LogP contribution in [0.15, 0.2) is 30.5 Å². The van der Waals surface area contributed by atoms with Crippen molar-refractivity contribution in [2.24, 2.45) is 0 Å². The van der Waals surface area contributed by atoms with E-state index < -0.39 is 5.97 Å². The predicted molar refractivity (Wildman–Crippen MR) is 49.7 cm³/mol. The zero-order valence-electron chi connectivity index (χ0n) is 7.18. The summed E-state index contributed by atoms with van der Waals surface area (Å²) >= 11 is 0. The second-order valence-electron chi connectivity index (χ2n) is 2.86. The number of hydrogen-bond acceptors (Lipinski definition) is 2. The molecule has 14 heavy (non-hydrogen) atoms. The van der Waals surface area contributed by atoms with Crippen LogP contribution in [-0.2, 0) is 0 Å². The van der Waals surface area contributed by atoms with Gasteiger partial charge in [-0.15, -0.1) is 0 Å². The van der Waals surface area contributed by atoms with Crippen LogP contribution in [-0.4, -0.2) is 21.8 Å². The molecule has 2 heterocycles. The van der Waals surface area contributed by atoms with Crippen LogP contribution in [0.2, 0.25) is 0 Å². The lowest BCUT2D eigenvalue weighted by molar-refractivity contribution is 0.0694. The number of pyridine rings is 1. The molecule has 0 amide bonds. The number of aldehydes is 1. The maximum atomic E-state index is 10.8. The second-order valence-corrected chi connectivity index (χ2v) is 2.86. The van der Waals surface area contributed by atoms with Gasteiger partial charge in [-0.2, -0.15) is 0 Å². The maximum Gasteiger partial charge on any atom is 0.338 e. The maximum absolute atomic E-state index is 10.8. The summed E-state index contributed by atoms with van der Waals surface area (Å²) in [6.45, 7) is 0. The number of nitrogens with zero attached hydrogens (tertiary/aromatic N) is 1. The standard InChI is InChI=1S/C10H7NO3/c12-6-9-8(10(13)14)5-7-3-1-2-4-11(7)9/h1-6H,(H,13,14). The third-order valence-corrected chi connectivity index (χ3v) is 2.06. The van der Waals surface area contributed by atoms with Crippen molar-refractivity contribution >= 4 is 17.8 Å². The molecule has 2 aromatic heterocycles. The van der Waals surface area contributed by atoms with E-state index in [0.29, 0.717) is 11.8 Å². The van der Waals surface area contributed by atoms with E-state index in [-0.39, 0.29) is 11.3 Å². The summed E-state index contributed by atoms with van der Waals surface area (Å²) in [6, 6.07) is 6.76. The van der Waals surface area contributed by atoms with Crippen LogP contribution < -0.4 is 0 Å². The summed E-state index contributed by atoms with van der Waals surface area (Å²) in [7, 11) is 0. The number of aromatic carboxylic acids is 1. The molecule has 70 valence electrons. The molecule has 2 rings (SSSR count). The second kappa shape index (κ2) is 2.99. The van der Waals surface area contributed by atoms with Crippen molar-refractivity contribution < 1.29 is 14.7 Å². The Morgan fingerprint density at radius 2 is 2.21 bits per heavy atom. The Hall–Kier alpha value is -2.10. The van der Waals surface area contributed by atoms with E-state index in [4.69, 9.17) is 5.11 Å². The van der Waals surface area contributed by atoms with Crippen molar-refractivity contribution in [1.82, 2.24) is 4.40 Å². The first-order chi connectivity index (χ1) is 6.74. The molecule has 0 saturated heterocycles. The molecule has 0 fully saturated rings. The minimum Gasteiger partial charge on any atom is -0.478 e. The molecule has 0 aliphatic carbocycles. The van der Waals surface area contributed by atoms with Crippen LogP contribution in [0.1, 0.15) is 20.8 Å². The number of rotatable bonds is 2. The third kappa shape index (κ3) is 1.08. The van der Waals surface area contributed by atoms with Crippen LogP contribution in [0.25, 0.3) is 5.52 Å². The van der Waals surface area contributed by atoms with Crippen LogP contribution in [0.4, 0.5) is 0 Å². The van der Waals surface area contributed by atoms with Crippen molar-refractivity contribution in [2.75, 3.05) is 0 Å². The SMILES string of the molecule is O=Cc1c(C(=O)O)cc2ccccn12. The highest BCUT2D eigenvalue weighted by atomic mass is 16.4. The van der Waals surface area contributed by atoms with E-state index in [0.717, 1.165) is 0 Å². The topological polar surface area (TPSA) is 58.8 Å². The van der Waals surface area contributed by atoms with E-state index in [1.54, 1.807) is 28.8 Å². The van der Waals surface area contributed by atoms with Gasteiger partial charge in [-0.05, 0) is 18.2 Å². The van der Waals surface area contributed by atoms with Crippen LogP contribution >= 0.6 is 0 Å².